The highest BCUT2D eigenvalue weighted by Gasteiger charge is 2.19. The normalized spacial score (nSPS) is 12.2. The van der Waals surface area contributed by atoms with E-state index in [-0.39, 0.29) is 22.0 Å². The number of halogens is 1. The zero-order chi connectivity index (χ0) is 25.3. The number of sulfone groups is 1. The highest BCUT2D eigenvalue weighted by Crippen LogP contribution is 2.25. The number of nitrogens with one attached hydrogen (secondary N) is 1. The van der Waals surface area contributed by atoms with Gasteiger partial charge in [0.15, 0.2) is 5.75 Å². The fourth-order valence-electron chi connectivity index (χ4n) is 3.34. The Bertz CT molecular complexity index is 1250. The Hall–Kier alpha value is -2.91. The third-order valence-electron chi connectivity index (χ3n) is 5.17. The summed E-state index contributed by atoms with van der Waals surface area (Å²) in [5.74, 6) is -0.406. The first kappa shape index (κ1) is 26.7. The van der Waals surface area contributed by atoms with E-state index in [0.717, 1.165) is 11.1 Å². The molecule has 3 rings (SSSR count). The van der Waals surface area contributed by atoms with Gasteiger partial charge in [-0.1, -0.05) is 48.9 Å². The number of hydrogen-bond acceptors (Lipinski definition) is 7. The summed E-state index contributed by atoms with van der Waals surface area (Å²) in [7, 11) is -3.81. The van der Waals surface area contributed by atoms with Gasteiger partial charge in [-0.25, -0.2) is 13.2 Å². The van der Waals surface area contributed by atoms with E-state index < -0.39 is 21.9 Å². The van der Waals surface area contributed by atoms with E-state index in [1.807, 2.05) is 19.1 Å². The SMILES string of the molecule is CCCC(=O)OOc1cccc(S(=O)(=O)c2cccc(CCNC[C@H](O)c3cccc(Cl)c3)c2)c1. The lowest BCUT2D eigenvalue weighted by atomic mass is 10.1. The van der Waals surface area contributed by atoms with Gasteiger partial charge in [-0.05, 0) is 66.9 Å². The predicted molar refractivity (Wildman–Crippen MR) is 133 cm³/mol. The minimum atomic E-state index is -3.81. The standard InChI is InChI=1S/C26H28ClNO6S/c1-2-6-26(30)34-33-22-10-5-12-24(17-22)35(31,32)23-11-3-7-19(15-23)13-14-28-18-25(29)20-8-4-9-21(27)16-20/h3-5,7-12,15-17,25,28-29H,2,6,13-14,18H2,1H3/t25-/m0/s1. The maximum absolute atomic E-state index is 13.2. The van der Waals surface area contributed by atoms with Crippen molar-refractivity contribution in [3.63, 3.8) is 0 Å². The number of rotatable bonds is 12. The van der Waals surface area contributed by atoms with Crippen molar-refractivity contribution in [2.75, 3.05) is 13.1 Å². The van der Waals surface area contributed by atoms with E-state index >= 15 is 0 Å². The predicted octanol–water partition coefficient (Wildman–Crippen LogP) is 4.68. The number of benzene rings is 3. The fraction of sp³-hybridized carbons (Fsp3) is 0.269. The van der Waals surface area contributed by atoms with E-state index in [2.05, 4.69) is 5.32 Å². The number of carbonyl (C=O) groups is 1. The van der Waals surface area contributed by atoms with E-state index in [9.17, 15) is 18.3 Å². The van der Waals surface area contributed by atoms with Crippen molar-refractivity contribution in [3.05, 3.63) is 88.9 Å². The summed E-state index contributed by atoms with van der Waals surface area (Å²) in [6.45, 7) is 2.73. The molecule has 0 aliphatic carbocycles. The smallest absolute Gasteiger partial charge is 0.355 e. The Kier molecular flexibility index (Phi) is 9.68. The lowest BCUT2D eigenvalue weighted by molar-refractivity contribution is -0.213. The number of aliphatic hydroxyl groups is 1. The van der Waals surface area contributed by atoms with E-state index in [1.54, 1.807) is 30.3 Å². The van der Waals surface area contributed by atoms with Gasteiger partial charge in [0.25, 0.3) is 0 Å². The molecule has 2 N–H and O–H groups in total. The second-order valence-corrected chi connectivity index (χ2v) is 10.3. The van der Waals surface area contributed by atoms with Crippen molar-refractivity contribution in [1.82, 2.24) is 5.32 Å². The van der Waals surface area contributed by atoms with Crippen molar-refractivity contribution in [3.8, 4) is 5.75 Å². The minimum Gasteiger partial charge on any atom is -0.387 e. The first-order chi connectivity index (χ1) is 16.8. The summed E-state index contributed by atoms with van der Waals surface area (Å²) in [5, 5.41) is 14.0. The first-order valence-electron chi connectivity index (χ1n) is 11.3. The Balaban J connectivity index is 1.60. The topological polar surface area (TPSA) is 102 Å². The zero-order valence-electron chi connectivity index (χ0n) is 19.3. The van der Waals surface area contributed by atoms with Gasteiger partial charge in [0.1, 0.15) is 0 Å². The van der Waals surface area contributed by atoms with Crippen LogP contribution in [0.2, 0.25) is 5.02 Å². The molecule has 0 aromatic heterocycles. The van der Waals surface area contributed by atoms with Crippen LogP contribution in [0.1, 0.15) is 37.0 Å². The summed E-state index contributed by atoms with van der Waals surface area (Å²) >= 11 is 5.97. The lowest BCUT2D eigenvalue weighted by Gasteiger charge is -2.13. The van der Waals surface area contributed by atoms with Crippen molar-refractivity contribution >= 4 is 27.4 Å². The molecule has 0 heterocycles. The number of aliphatic hydroxyl groups excluding tert-OH is 1. The average molecular weight is 518 g/mol. The van der Waals surface area contributed by atoms with Gasteiger partial charge in [-0.3, -0.25) is 9.78 Å². The molecule has 0 aliphatic heterocycles. The van der Waals surface area contributed by atoms with Crippen LogP contribution in [0.15, 0.2) is 82.6 Å². The fourth-order valence-corrected chi connectivity index (χ4v) is 4.91. The average Bonchev–Trinajstić information content (AvgIpc) is 2.86. The highest BCUT2D eigenvalue weighted by molar-refractivity contribution is 7.91. The molecule has 186 valence electrons. The number of hydrogen-bond donors (Lipinski definition) is 2. The molecule has 0 fully saturated rings. The Labute approximate surface area is 210 Å². The Morgan fingerprint density at radius 3 is 2.49 bits per heavy atom. The quantitative estimate of drug-likeness (QED) is 0.204. The van der Waals surface area contributed by atoms with Crippen LogP contribution in [-0.4, -0.2) is 32.6 Å². The monoisotopic (exact) mass is 517 g/mol. The van der Waals surface area contributed by atoms with E-state index in [0.29, 0.717) is 31.0 Å². The highest BCUT2D eigenvalue weighted by atomic mass is 35.5. The molecule has 0 aliphatic rings. The second kappa shape index (κ2) is 12.7. The molecule has 0 saturated heterocycles. The molecule has 0 radical (unpaired) electrons. The molecule has 1 atom stereocenters. The van der Waals surface area contributed by atoms with Crippen molar-refractivity contribution < 1.29 is 28.1 Å². The maximum Gasteiger partial charge on any atom is 0.355 e. The molecule has 0 spiro atoms. The van der Waals surface area contributed by atoms with Crippen LogP contribution < -0.4 is 10.2 Å². The molecule has 7 nitrogen and oxygen atoms in total. The molecule has 0 unspecified atom stereocenters. The zero-order valence-corrected chi connectivity index (χ0v) is 20.9. The summed E-state index contributed by atoms with van der Waals surface area (Å²) in [6, 6.07) is 19.6. The first-order valence-corrected chi connectivity index (χ1v) is 13.1. The summed E-state index contributed by atoms with van der Waals surface area (Å²) in [4.78, 5) is 21.4. The summed E-state index contributed by atoms with van der Waals surface area (Å²) in [6.07, 6.45) is 0.697. The van der Waals surface area contributed by atoms with Gasteiger partial charge in [0, 0.05) is 24.1 Å². The third kappa shape index (κ3) is 7.80. The van der Waals surface area contributed by atoms with Gasteiger partial charge in [-0.15, -0.1) is 0 Å². The van der Waals surface area contributed by atoms with Gasteiger partial charge in [0.2, 0.25) is 9.84 Å². The van der Waals surface area contributed by atoms with Gasteiger partial charge >= 0.3 is 5.97 Å². The van der Waals surface area contributed by atoms with Gasteiger partial charge < -0.3 is 10.4 Å². The third-order valence-corrected chi connectivity index (χ3v) is 7.16. The van der Waals surface area contributed by atoms with Gasteiger partial charge in [-0.2, -0.15) is 0 Å². The maximum atomic E-state index is 13.2. The van der Waals surface area contributed by atoms with Crippen LogP contribution in [0.25, 0.3) is 0 Å². The summed E-state index contributed by atoms with van der Waals surface area (Å²) in [5.41, 5.74) is 1.56. The van der Waals surface area contributed by atoms with Crippen molar-refractivity contribution in [1.29, 1.82) is 0 Å². The minimum absolute atomic E-state index is 0.0291. The lowest BCUT2D eigenvalue weighted by Crippen LogP contribution is -2.23. The molecule has 3 aromatic rings. The van der Waals surface area contributed by atoms with Crippen molar-refractivity contribution in [2.45, 2.75) is 42.1 Å². The molecular formula is C26H28ClNO6S. The van der Waals surface area contributed by atoms with Crippen LogP contribution in [0.5, 0.6) is 5.75 Å². The molecule has 0 amide bonds. The molecular weight excluding hydrogens is 490 g/mol. The second-order valence-electron chi connectivity index (χ2n) is 7.94. The van der Waals surface area contributed by atoms with Crippen LogP contribution in [0.4, 0.5) is 0 Å². The van der Waals surface area contributed by atoms with Crippen LogP contribution >= 0.6 is 11.6 Å². The van der Waals surface area contributed by atoms with Crippen LogP contribution in [0.3, 0.4) is 0 Å². The van der Waals surface area contributed by atoms with E-state index in [4.69, 9.17) is 21.4 Å². The van der Waals surface area contributed by atoms with Crippen LogP contribution in [-0.2, 0) is 25.9 Å². The van der Waals surface area contributed by atoms with Crippen molar-refractivity contribution in [2.24, 2.45) is 0 Å². The Morgan fingerprint density at radius 1 is 1.03 bits per heavy atom. The Morgan fingerprint density at radius 2 is 1.74 bits per heavy atom. The molecule has 0 bridgehead atoms. The number of carbonyl (C=O) groups excluding carboxylic acids is 1. The molecule has 0 saturated carbocycles. The summed E-state index contributed by atoms with van der Waals surface area (Å²) < 4.78 is 26.3. The van der Waals surface area contributed by atoms with Gasteiger partial charge in [0.05, 0.1) is 15.9 Å². The molecule has 9 heteroatoms. The largest absolute Gasteiger partial charge is 0.387 e. The van der Waals surface area contributed by atoms with Crippen LogP contribution in [0, 0.1) is 0 Å². The van der Waals surface area contributed by atoms with E-state index in [1.165, 1.54) is 30.3 Å². The molecule has 3 aromatic carbocycles. The molecule has 35 heavy (non-hydrogen) atoms.